The Kier molecular flexibility index (Phi) is 5.22. The van der Waals surface area contributed by atoms with Crippen LogP contribution < -0.4 is 15.0 Å². The minimum atomic E-state index is -0.481. The predicted octanol–water partition coefficient (Wildman–Crippen LogP) is 1.81. The van der Waals surface area contributed by atoms with Gasteiger partial charge in [-0.1, -0.05) is 6.07 Å². The normalized spacial score (nSPS) is 20.6. The monoisotopic (exact) mass is 411 g/mol. The summed E-state index contributed by atoms with van der Waals surface area (Å²) in [5, 5.41) is 7.69. The summed E-state index contributed by atoms with van der Waals surface area (Å²) in [4.78, 5) is 13.4. The molecule has 0 amide bonds. The fraction of sp³-hybridized carbons (Fsp3) is 0.476. The van der Waals surface area contributed by atoms with Crippen molar-refractivity contribution in [2.45, 2.75) is 18.9 Å². The Morgan fingerprint density at radius 1 is 1.17 bits per heavy atom. The highest BCUT2D eigenvalue weighted by Gasteiger charge is 2.27. The summed E-state index contributed by atoms with van der Waals surface area (Å²) < 4.78 is 23.3. The van der Waals surface area contributed by atoms with E-state index in [0.717, 1.165) is 43.6 Å². The molecule has 0 aliphatic carbocycles. The van der Waals surface area contributed by atoms with Gasteiger partial charge in [0.05, 0.1) is 17.3 Å². The van der Waals surface area contributed by atoms with Gasteiger partial charge in [-0.05, 0) is 38.6 Å². The molecule has 0 radical (unpaired) electrons. The van der Waals surface area contributed by atoms with Gasteiger partial charge in [0.2, 0.25) is 5.82 Å². The zero-order chi connectivity index (χ0) is 20.5. The van der Waals surface area contributed by atoms with Gasteiger partial charge in [0, 0.05) is 38.9 Å². The molecule has 0 spiro atoms. The average Bonchev–Trinajstić information content (AvgIpc) is 3.21. The van der Waals surface area contributed by atoms with E-state index in [1.54, 1.807) is 10.7 Å². The van der Waals surface area contributed by atoms with Gasteiger partial charge < -0.3 is 19.9 Å². The van der Waals surface area contributed by atoms with Gasteiger partial charge in [-0.15, -0.1) is 0 Å². The molecule has 2 fully saturated rings. The van der Waals surface area contributed by atoms with E-state index in [9.17, 15) is 0 Å². The first-order valence-corrected chi connectivity index (χ1v) is 10.5. The molecule has 3 aromatic rings. The van der Waals surface area contributed by atoms with Gasteiger partial charge >= 0.3 is 0 Å². The van der Waals surface area contributed by atoms with Gasteiger partial charge in [0.15, 0.2) is 11.6 Å². The standard InChI is InChI=1S/C21H26FN7O/c1-27-9-11-28(12-10-27)20-18(22)21(30-15-5-4-7-23-13-15)26-19(25-20)16-14-24-29-8-3-2-6-17(16)29/h2-3,6,8,14-15,23H,4-5,7,9-13H2,1H3/t15-/m1/s1. The molecular weight excluding hydrogens is 385 g/mol. The maximum Gasteiger partial charge on any atom is 0.256 e. The maximum absolute atomic E-state index is 15.5. The van der Waals surface area contributed by atoms with Gasteiger partial charge in [-0.25, -0.2) is 9.50 Å². The minimum Gasteiger partial charge on any atom is -0.471 e. The van der Waals surface area contributed by atoms with Crippen molar-refractivity contribution in [3.05, 3.63) is 36.4 Å². The van der Waals surface area contributed by atoms with Crippen molar-refractivity contribution >= 4 is 11.3 Å². The van der Waals surface area contributed by atoms with Crippen molar-refractivity contribution in [2.75, 3.05) is 51.2 Å². The van der Waals surface area contributed by atoms with E-state index in [2.05, 4.69) is 32.3 Å². The molecule has 30 heavy (non-hydrogen) atoms. The molecule has 0 unspecified atom stereocenters. The summed E-state index contributed by atoms with van der Waals surface area (Å²) >= 11 is 0. The number of piperidine rings is 1. The third-order valence-electron chi connectivity index (χ3n) is 5.80. The lowest BCUT2D eigenvalue weighted by Gasteiger charge is -2.33. The second kappa shape index (κ2) is 8.16. The van der Waals surface area contributed by atoms with Crippen LogP contribution in [0.3, 0.4) is 0 Å². The molecule has 2 aliphatic heterocycles. The molecule has 0 bridgehead atoms. The molecule has 5 rings (SSSR count). The molecule has 1 N–H and O–H groups in total. The highest BCUT2D eigenvalue weighted by atomic mass is 19.1. The first-order valence-electron chi connectivity index (χ1n) is 10.5. The van der Waals surface area contributed by atoms with E-state index in [-0.39, 0.29) is 12.0 Å². The SMILES string of the molecule is CN1CCN(c2nc(-c3cnn4ccccc34)nc(O[C@@H]3CCCNC3)c2F)CC1. The molecular formula is C21H26FN7O. The fourth-order valence-electron chi connectivity index (χ4n) is 4.03. The fourth-order valence-corrected chi connectivity index (χ4v) is 4.03. The summed E-state index contributed by atoms with van der Waals surface area (Å²) in [7, 11) is 2.07. The van der Waals surface area contributed by atoms with E-state index in [1.165, 1.54) is 0 Å². The van der Waals surface area contributed by atoms with Gasteiger partial charge in [-0.3, -0.25) is 0 Å². The number of nitrogens with one attached hydrogen (secondary N) is 1. The molecule has 1 atom stereocenters. The lowest BCUT2D eigenvalue weighted by molar-refractivity contribution is 0.153. The van der Waals surface area contributed by atoms with Crippen LogP contribution in [0.5, 0.6) is 5.88 Å². The summed E-state index contributed by atoms with van der Waals surface area (Å²) in [5.74, 6) is 0.288. The second-order valence-electron chi connectivity index (χ2n) is 7.96. The molecule has 2 saturated heterocycles. The Morgan fingerprint density at radius 3 is 2.83 bits per heavy atom. The van der Waals surface area contributed by atoms with Crippen molar-refractivity contribution in [1.82, 2.24) is 29.8 Å². The predicted molar refractivity (Wildman–Crippen MR) is 112 cm³/mol. The third-order valence-corrected chi connectivity index (χ3v) is 5.80. The number of anilines is 1. The van der Waals surface area contributed by atoms with Crippen molar-refractivity contribution in [1.29, 1.82) is 0 Å². The summed E-state index contributed by atoms with van der Waals surface area (Å²) in [6.07, 6.45) is 5.38. The highest BCUT2D eigenvalue weighted by molar-refractivity contribution is 5.76. The van der Waals surface area contributed by atoms with Crippen LogP contribution in [-0.4, -0.2) is 76.9 Å². The minimum absolute atomic E-state index is 0.0258. The second-order valence-corrected chi connectivity index (χ2v) is 7.96. The highest BCUT2D eigenvalue weighted by Crippen LogP contribution is 2.31. The van der Waals surface area contributed by atoms with Crippen LogP contribution in [0, 0.1) is 5.82 Å². The molecule has 0 aromatic carbocycles. The van der Waals surface area contributed by atoms with Crippen molar-refractivity contribution in [3.8, 4) is 17.3 Å². The topological polar surface area (TPSA) is 70.8 Å². The van der Waals surface area contributed by atoms with Crippen molar-refractivity contribution < 1.29 is 9.13 Å². The Balaban J connectivity index is 1.57. The van der Waals surface area contributed by atoms with Gasteiger partial charge in [-0.2, -0.15) is 14.5 Å². The zero-order valence-corrected chi connectivity index (χ0v) is 17.1. The van der Waals surface area contributed by atoms with Crippen LogP contribution in [0.25, 0.3) is 16.9 Å². The van der Waals surface area contributed by atoms with Crippen LogP contribution in [-0.2, 0) is 0 Å². The van der Waals surface area contributed by atoms with E-state index in [4.69, 9.17) is 4.74 Å². The number of hydrogen-bond acceptors (Lipinski definition) is 7. The molecule has 5 heterocycles. The van der Waals surface area contributed by atoms with E-state index < -0.39 is 5.82 Å². The number of pyridine rings is 1. The molecule has 8 nitrogen and oxygen atoms in total. The Morgan fingerprint density at radius 2 is 2.03 bits per heavy atom. The number of halogens is 1. The van der Waals surface area contributed by atoms with E-state index in [1.807, 2.05) is 29.3 Å². The smallest absolute Gasteiger partial charge is 0.256 e. The number of ether oxygens (including phenoxy) is 1. The lowest BCUT2D eigenvalue weighted by atomic mass is 10.1. The largest absolute Gasteiger partial charge is 0.471 e. The summed E-state index contributed by atoms with van der Waals surface area (Å²) in [6, 6.07) is 5.81. The van der Waals surface area contributed by atoms with Gasteiger partial charge in [0.25, 0.3) is 5.88 Å². The number of rotatable bonds is 4. The molecule has 158 valence electrons. The summed E-state index contributed by atoms with van der Waals surface area (Å²) in [5.41, 5.74) is 1.64. The maximum atomic E-state index is 15.5. The van der Waals surface area contributed by atoms with Gasteiger partial charge in [0.1, 0.15) is 6.10 Å². The van der Waals surface area contributed by atoms with Crippen LogP contribution in [0.15, 0.2) is 30.6 Å². The van der Waals surface area contributed by atoms with Crippen LogP contribution in [0.2, 0.25) is 0 Å². The number of piperazine rings is 1. The van der Waals surface area contributed by atoms with Crippen molar-refractivity contribution in [3.63, 3.8) is 0 Å². The average molecular weight is 411 g/mol. The number of aromatic nitrogens is 4. The van der Waals surface area contributed by atoms with Crippen molar-refractivity contribution in [2.24, 2.45) is 0 Å². The van der Waals surface area contributed by atoms with Crippen LogP contribution >= 0.6 is 0 Å². The number of fused-ring (bicyclic) bond motifs is 1. The summed E-state index contributed by atoms with van der Waals surface area (Å²) in [6.45, 7) is 4.80. The Bertz CT molecular complexity index is 1030. The lowest BCUT2D eigenvalue weighted by Crippen LogP contribution is -2.45. The van der Waals surface area contributed by atoms with E-state index in [0.29, 0.717) is 31.3 Å². The molecule has 0 saturated carbocycles. The zero-order valence-electron chi connectivity index (χ0n) is 17.1. The Labute approximate surface area is 174 Å². The third kappa shape index (κ3) is 3.70. The van der Waals surface area contributed by atoms with E-state index >= 15 is 4.39 Å². The quantitative estimate of drug-likeness (QED) is 0.702. The van der Waals surface area contributed by atoms with Crippen LogP contribution in [0.1, 0.15) is 12.8 Å². The number of likely N-dealkylation sites (N-methyl/N-ethyl adjacent to an activating group) is 1. The molecule has 9 heteroatoms. The first-order chi connectivity index (χ1) is 14.7. The van der Waals surface area contributed by atoms with Crippen LogP contribution in [0.4, 0.5) is 10.2 Å². The Hall–Kier alpha value is -2.78. The number of hydrogen-bond donors (Lipinski definition) is 1. The number of nitrogens with zero attached hydrogens (tertiary/aromatic N) is 6. The first kappa shape index (κ1) is 19.2. The molecule has 3 aromatic heterocycles. The molecule has 2 aliphatic rings.